The fourth-order valence-corrected chi connectivity index (χ4v) is 3.79. The maximum atomic E-state index is 11.6. The molecule has 150 valence electrons. The van der Waals surface area contributed by atoms with E-state index in [1.807, 2.05) is 24.3 Å². The first kappa shape index (κ1) is 18.4. The fourth-order valence-electron chi connectivity index (χ4n) is 3.79. The number of aryl methyl sites for hydroxylation is 1. The first-order valence-corrected chi connectivity index (χ1v) is 10.2. The topological polar surface area (TPSA) is 96.5 Å². The highest BCUT2D eigenvalue weighted by Crippen LogP contribution is 2.44. The molecule has 0 unspecified atom stereocenters. The first-order chi connectivity index (χ1) is 14.7. The van der Waals surface area contributed by atoms with Crippen molar-refractivity contribution in [1.82, 2.24) is 30.9 Å². The van der Waals surface area contributed by atoms with Gasteiger partial charge < -0.3 is 5.32 Å². The van der Waals surface area contributed by atoms with Crippen molar-refractivity contribution >= 4 is 16.8 Å². The summed E-state index contributed by atoms with van der Waals surface area (Å²) < 4.78 is 0. The van der Waals surface area contributed by atoms with Crippen LogP contribution in [0.3, 0.4) is 0 Å². The van der Waals surface area contributed by atoms with Crippen LogP contribution in [0.15, 0.2) is 48.5 Å². The van der Waals surface area contributed by atoms with Crippen molar-refractivity contribution in [3.63, 3.8) is 0 Å². The molecule has 1 saturated carbocycles. The Morgan fingerprint density at radius 3 is 2.60 bits per heavy atom. The van der Waals surface area contributed by atoms with Crippen molar-refractivity contribution in [2.24, 2.45) is 0 Å². The van der Waals surface area contributed by atoms with Crippen molar-refractivity contribution < 1.29 is 4.79 Å². The number of hydrogen-bond donors (Lipinski definition) is 2. The van der Waals surface area contributed by atoms with E-state index in [1.54, 1.807) is 7.05 Å². The summed E-state index contributed by atoms with van der Waals surface area (Å²) in [5.41, 5.74) is 6.42. The van der Waals surface area contributed by atoms with Gasteiger partial charge in [-0.25, -0.2) is 4.98 Å². The standard InChI is InChI=1S/C23H22N6O/c1-24-22(30)11-3-14-2-10-18-19(15-4-5-15)13-20(25-21(18)12-14)16-6-8-17(9-7-16)23-26-28-29-27-23/h2,6-10,12-13,15H,3-5,11H2,1H3,(H,24,30)(H,26,27,28,29). The van der Waals surface area contributed by atoms with Crippen molar-refractivity contribution in [3.8, 4) is 22.6 Å². The van der Waals surface area contributed by atoms with E-state index < -0.39 is 0 Å². The van der Waals surface area contributed by atoms with Gasteiger partial charge in [0.2, 0.25) is 11.7 Å². The molecule has 0 aliphatic heterocycles. The molecule has 1 aliphatic carbocycles. The summed E-state index contributed by atoms with van der Waals surface area (Å²) in [5, 5.41) is 18.1. The molecule has 2 aromatic carbocycles. The Kier molecular flexibility index (Phi) is 4.71. The lowest BCUT2D eigenvalue weighted by Crippen LogP contribution is -2.17. The summed E-state index contributed by atoms with van der Waals surface area (Å²) in [5.74, 6) is 1.24. The molecule has 1 aliphatic rings. The number of hydrogen-bond acceptors (Lipinski definition) is 5. The van der Waals surface area contributed by atoms with Gasteiger partial charge in [0.1, 0.15) is 0 Å². The molecule has 0 spiro atoms. The number of nitrogens with one attached hydrogen (secondary N) is 2. The molecule has 2 heterocycles. The van der Waals surface area contributed by atoms with Crippen LogP contribution in [0.5, 0.6) is 0 Å². The SMILES string of the molecule is CNC(=O)CCc1ccc2c(C3CC3)cc(-c3ccc(-c4nn[nH]n4)cc3)nc2c1. The number of rotatable bonds is 6. The summed E-state index contributed by atoms with van der Waals surface area (Å²) in [6.07, 6.45) is 3.65. The van der Waals surface area contributed by atoms with Crippen LogP contribution in [0.1, 0.15) is 36.3 Å². The molecular weight excluding hydrogens is 376 g/mol. The molecule has 4 aromatic rings. The lowest BCUT2D eigenvalue weighted by Gasteiger charge is -2.11. The van der Waals surface area contributed by atoms with Crippen LogP contribution in [0.2, 0.25) is 0 Å². The third-order valence-electron chi connectivity index (χ3n) is 5.63. The van der Waals surface area contributed by atoms with Crippen molar-refractivity contribution in [2.75, 3.05) is 7.05 Å². The van der Waals surface area contributed by atoms with E-state index in [0.717, 1.165) is 27.9 Å². The van der Waals surface area contributed by atoms with E-state index in [-0.39, 0.29) is 5.91 Å². The third-order valence-corrected chi connectivity index (χ3v) is 5.63. The summed E-state index contributed by atoms with van der Waals surface area (Å²) in [4.78, 5) is 16.6. The predicted octanol–water partition coefficient (Wildman–Crippen LogP) is 3.64. The Labute approximate surface area is 173 Å². The minimum absolute atomic E-state index is 0.0529. The number of fused-ring (bicyclic) bond motifs is 1. The summed E-state index contributed by atoms with van der Waals surface area (Å²) in [7, 11) is 1.67. The van der Waals surface area contributed by atoms with Crippen molar-refractivity contribution in [3.05, 3.63) is 59.7 Å². The van der Waals surface area contributed by atoms with Gasteiger partial charge in [-0.15, -0.1) is 10.2 Å². The zero-order valence-electron chi connectivity index (χ0n) is 16.7. The molecule has 30 heavy (non-hydrogen) atoms. The molecule has 7 heteroatoms. The van der Waals surface area contributed by atoms with Gasteiger partial charge in [0.15, 0.2) is 0 Å². The van der Waals surface area contributed by atoms with E-state index in [1.165, 1.54) is 23.8 Å². The molecule has 2 N–H and O–H groups in total. The zero-order chi connectivity index (χ0) is 20.5. The molecule has 0 saturated heterocycles. The highest BCUT2D eigenvalue weighted by molar-refractivity contribution is 5.87. The van der Waals surface area contributed by atoms with Crippen molar-refractivity contribution in [2.45, 2.75) is 31.6 Å². The van der Waals surface area contributed by atoms with E-state index in [4.69, 9.17) is 4.98 Å². The Morgan fingerprint density at radius 2 is 1.90 bits per heavy atom. The molecule has 0 radical (unpaired) electrons. The fraction of sp³-hybridized carbons (Fsp3) is 0.261. The van der Waals surface area contributed by atoms with Gasteiger partial charge in [-0.3, -0.25) is 4.79 Å². The van der Waals surface area contributed by atoms with Crippen LogP contribution in [0.4, 0.5) is 0 Å². The van der Waals surface area contributed by atoms with Gasteiger partial charge in [-0.05, 0) is 53.7 Å². The number of carbonyl (C=O) groups excluding carboxylic acids is 1. The highest BCUT2D eigenvalue weighted by atomic mass is 16.1. The molecule has 0 bridgehead atoms. The lowest BCUT2D eigenvalue weighted by molar-refractivity contribution is -0.120. The summed E-state index contributed by atoms with van der Waals surface area (Å²) in [6, 6.07) is 16.7. The molecule has 7 nitrogen and oxygen atoms in total. The van der Waals surface area contributed by atoms with Crippen LogP contribution in [0.25, 0.3) is 33.5 Å². The normalized spacial score (nSPS) is 13.5. The Morgan fingerprint density at radius 1 is 1.10 bits per heavy atom. The molecule has 0 atom stereocenters. The summed E-state index contributed by atoms with van der Waals surface area (Å²) in [6.45, 7) is 0. The Hall–Kier alpha value is -3.61. The minimum atomic E-state index is 0.0529. The van der Waals surface area contributed by atoms with Gasteiger partial charge in [0.05, 0.1) is 11.2 Å². The molecule has 2 aromatic heterocycles. The van der Waals surface area contributed by atoms with Gasteiger partial charge in [0, 0.05) is 30.0 Å². The van der Waals surface area contributed by atoms with Gasteiger partial charge in [-0.2, -0.15) is 5.21 Å². The van der Waals surface area contributed by atoms with Crippen LogP contribution in [0, 0.1) is 0 Å². The number of carbonyl (C=O) groups is 1. The van der Waals surface area contributed by atoms with Crippen LogP contribution < -0.4 is 5.32 Å². The molecule has 1 amide bonds. The van der Waals surface area contributed by atoms with E-state index in [2.05, 4.69) is 50.2 Å². The first-order valence-electron chi connectivity index (χ1n) is 10.2. The second kappa shape index (κ2) is 7.67. The second-order valence-corrected chi connectivity index (χ2v) is 7.71. The van der Waals surface area contributed by atoms with E-state index in [9.17, 15) is 4.79 Å². The molecule has 1 fully saturated rings. The Balaban J connectivity index is 1.52. The maximum absolute atomic E-state index is 11.6. The second-order valence-electron chi connectivity index (χ2n) is 7.71. The number of benzene rings is 2. The number of nitrogens with zero attached hydrogens (tertiary/aromatic N) is 4. The Bertz CT molecular complexity index is 1200. The quantitative estimate of drug-likeness (QED) is 0.517. The average molecular weight is 398 g/mol. The lowest BCUT2D eigenvalue weighted by atomic mass is 9.98. The van der Waals surface area contributed by atoms with Gasteiger partial charge in [-0.1, -0.05) is 36.4 Å². The van der Waals surface area contributed by atoms with Crippen LogP contribution in [-0.4, -0.2) is 38.6 Å². The zero-order valence-corrected chi connectivity index (χ0v) is 16.7. The summed E-state index contributed by atoms with van der Waals surface area (Å²) >= 11 is 0. The van der Waals surface area contributed by atoms with Crippen LogP contribution >= 0.6 is 0 Å². The van der Waals surface area contributed by atoms with Crippen molar-refractivity contribution in [1.29, 1.82) is 0 Å². The van der Waals surface area contributed by atoms with Gasteiger partial charge >= 0.3 is 0 Å². The van der Waals surface area contributed by atoms with E-state index in [0.29, 0.717) is 24.6 Å². The third kappa shape index (κ3) is 3.66. The smallest absolute Gasteiger partial charge is 0.220 e. The molecular formula is C23H22N6O. The maximum Gasteiger partial charge on any atom is 0.220 e. The largest absolute Gasteiger partial charge is 0.359 e. The number of tetrazole rings is 1. The number of pyridine rings is 1. The minimum Gasteiger partial charge on any atom is -0.359 e. The van der Waals surface area contributed by atoms with E-state index >= 15 is 0 Å². The van der Waals surface area contributed by atoms with Crippen LogP contribution in [-0.2, 0) is 11.2 Å². The molecule has 5 rings (SSSR count). The monoisotopic (exact) mass is 398 g/mol. The predicted molar refractivity (Wildman–Crippen MR) is 115 cm³/mol. The highest BCUT2D eigenvalue weighted by Gasteiger charge is 2.26. The number of H-pyrrole nitrogens is 1. The number of amides is 1. The number of aromatic amines is 1. The van der Waals surface area contributed by atoms with Gasteiger partial charge in [0.25, 0.3) is 0 Å². The number of aromatic nitrogens is 5. The average Bonchev–Trinajstić information content (AvgIpc) is 3.49.